The van der Waals surface area contributed by atoms with Crippen LogP contribution >= 0.6 is 11.5 Å². The van der Waals surface area contributed by atoms with Crippen molar-refractivity contribution < 1.29 is 14.3 Å². The summed E-state index contributed by atoms with van der Waals surface area (Å²) in [4.78, 5) is 30.2. The summed E-state index contributed by atoms with van der Waals surface area (Å²) in [5, 5.41) is 2.92. The zero-order chi connectivity index (χ0) is 16.0. The Kier molecular flexibility index (Phi) is 3.68. The number of hydrogen-bond acceptors (Lipinski definition) is 6. The number of rotatable bonds is 1. The van der Waals surface area contributed by atoms with Gasteiger partial charge in [-0.05, 0) is 6.42 Å². The van der Waals surface area contributed by atoms with Gasteiger partial charge in [0.2, 0.25) is 5.13 Å². The van der Waals surface area contributed by atoms with Crippen LogP contribution in [0.1, 0.15) is 33.0 Å². The maximum absolute atomic E-state index is 12.2. The van der Waals surface area contributed by atoms with Gasteiger partial charge in [-0.25, -0.2) is 4.98 Å². The maximum atomic E-state index is 12.2. The first kappa shape index (κ1) is 15.4. The van der Waals surface area contributed by atoms with Crippen LogP contribution in [0.5, 0.6) is 0 Å². The van der Waals surface area contributed by atoms with Crippen molar-refractivity contribution >= 4 is 28.5 Å². The van der Waals surface area contributed by atoms with Gasteiger partial charge < -0.3 is 9.64 Å². The number of amides is 2. The van der Waals surface area contributed by atoms with Crippen molar-refractivity contribution in [3.8, 4) is 0 Å². The summed E-state index contributed by atoms with van der Waals surface area (Å²) >= 11 is 1.10. The zero-order valence-corrected chi connectivity index (χ0v) is 13.8. The van der Waals surface area contributed by atoms with Crippen LogP contribution in [0.15, 0.2) is 0 Å². The molecule has 2 saturated heterocycles. The summed E-state index contributed by atoms with van der Waals surface area (Å²) in [7, 11) is 0. The largest absolute Gasteiger partial charge is 0.380 e. The molecule has 0 atom stereocenters. The predicted octanol–water partition coefficient (Wildman–Crippen LogP) is 1.02. The zero-order valence-electron chi connectivity index (χ0n) is 13.0. The highest BCUT2D eigenvalue weighted by atomic mass is 32.1. The third kappa shape index (κ3) is 2.85. The van der Waals surface area contributed by atoms with Gasteiger partial charge in [-0.15, -0.1) is 0 Å². The minimum absolute atomic E-state index is 0.0814. The average Bonchev–Trinajstić information content (AvgIpc) is 3.02. The van der Waals surface area contributed by atoms with E-state index >= 15 is 0 Å². The molecule has 7 nitrogen and oxygen atoms in total. The van der Waals surface area contributed by atoms with Gasteiger partial charge in [-0.1, -0.05) is 20.8 Å². The molecule has 0 radical (unpaired) electrons. The van der Waals surface area contributed by atoms with Crippen molar-refractivity contribution in [1.29, 1.82) is 0 Å². The second-order valence-electron chi connectivity index (χ2n) is 7.10. The summed E-state index contributed by atoms with van der Waals surface area (Å²) in [6.45, 7) is 8.57. The average molecular weight is 324 g/mol. The predicted molar refractivity (Wildman–Crippen MR) is 81.7 cm³/mol. The number of likely N-dealkylation sites (tertiary alicyclic amines) is 1. The van der Waals surface area contributed by atoms with Crippen molar-refractivity contribution in [3.05, 3.63) is 5.82 Å². The lowest BCUT2D eigenvalue weighted by Crippen LogP contribution is -2.46. The number of nitrogens with one attached hydrogen (secondary N) is 1. The van der Waals surface area contributed by atoms with Crippen molar-refractivity contribution in [2.24, 2.45) is 5.41 Å². The van der Waals surface area contributed by atoms with E-state index < -0.39 is 11.8 Å². The lowest BCUT2D eigenvalue weighted by molar-refractivity contribution is -0.145. The number of carbonyl (C=O) groups excluding carboxylic acids is 2. The quantitative estimate of drug-likeness (QED) is 0.780. The number of carbonyl (C=O) groups is 2. The Morgan fingerprint density at radius 1 is 1.36 bits per heavy atom. The van der Waals surface area contributed by atoms with Crippen LogP contribution in [0, 0.1) is 5.41 Å². The molecule has 2 fully saturated rings. The van der Waals surface area contributed by atoms with Crippen LogP contribution in [0.4, 0.5) is 5.13 Å². The van der Waals surface area contributed by atoms with E-state index in [2.05, 4.69) is 14.7 Å². The highest BCUT2D eigenvalue weighted by molar-refractivity contribution is 7.10. The van der Waals surface area contributed by atoms with Crippen LogP contribution in [-0.4, -0.2) is 52.4 Å². The third-order valence-electron chi connectivity index (χ3n) is 4.05. The number of anilines is 1. The van der Waals surface area contributed by atoms with E-state index in [1.165, 1.54) is 0 Å². The van der Waals surface area contributed by atoms with E-state index in [4.69, 9.17) is 4.74 Å². The first-order chi connectivity index (χ1) is 10.3. The molecular weight excluding hydrogens is 304 g/mol. The lowest BCUT2D eigenvalue weighted by atomic mass is 9.85. The Bertz CT molecular complexity index is 603. The first-order valence-corrected chi connectivity index (χ1v) is 8.09. The number of hydrogen-bond donors (Lipinski definition) is 1. The molecule has 0 aromatic carbocycles. The van der Waals surface area contributed by atoms with E-state index in [9.17, 15) is 9.59 Å². The molecule has 8 heteroatoms. The van der Waals surface area contributed by atoms with Gasteiger partial charge in [0.15, 0.2) is 0 Å². The molecule has 3 rings (SSSR count). The Morgan fingerprint density at radius 2 is 2.09 bits per heavy atom. The molecule has 22 heavy (non-hydrogen) atoms. The van der Waals surface area contributed by atoms with Crippen LogP contribution in [0.3, 0.4) is 0 Å². The van der Waals surface area contributed by atoms with Crippen molar-refractivity contribution in [1.82, 2.24) is 14.3 Å². The van der Waals surface area contributed by atoms with Gasteiger partial charge in [0, 0.05) is 35.5 Å². The van der Waals surface area contributed by atoms with Gasteiger partial charge >= 0.3 is 11.8 Å². The Morgan fingerprint density at radius 3 is 2.59 bits per heavy atom. The Hall–Kier alpha value is -1.54. The summed E-state index contributed by atoms with van der Waals surface area (Å²) < 4.78 is 9.44. The fraction of sp³-hybridized carbons (Fsp3) is 0.714. The van der Waals surface area contributed by atoms with Crippen LogP contribution < -0.4 is 5.32 Å². The first-order valence-electron chi connectivity index (χ1n) is 7.31. The molecule has 1 spiro atoms. The fourth-order valence-electron chi connectivity index (χ4n) is 2.61. The molecule has 0 unspecified atom stereocenters. The molecule has 2 amide bonds. The molecule has 2 aliphatic rings. The molecule has 2 aliphatic heterocycles. The van der Waals surface area contributed by atoms with Gasteiger partial charge in [0.05, 0.1) is 13.2 Å². The van der Waals surface area contributed by atoms with E-state index in [0.29, 0.717) is 37.3 Å². The van der Waals surface area contributed by atoms with Crippen LogP contribution in [-0.2, 0) is 19.7 Å². The molecule has 1 N–H and O–H groups in total. The van der Waals surface area contributed by atoms with Crippen molar-refractivity contribution in [2.45, 2.75) is 32.6 Å². The smallest absolute Gasteiger partial charge is 0.315 e. The Labute approximate surface area is 133 Å². The fourth-order valence-corrected chi connectivity index (χ4v) is 3.36. The third-order valence-corrected chi connectivity index (χ3v) is 4.68. The molecule has 1 aromatic heterocycles. The number of aromatic nitrogens is 2. The molecule has 1 aromatic rings. The molecule has 0 aliphatic carbocycles. The summed E-state index contributed by atoms with van der Waals surface area (Å²) in [5.41, 5.74) is -0.104. The van der Waals surface area contributed by atoms with Gasteiger partial charge in [-0.3, -0.25) is 14.9 Å². The van der Waals surface area contributed by atoms with Gasteiger partial charge in [0.1, 0.15) is 5.82 Å². The summed E-state index contributed by atoms with van der Waals surface area (Å²) in [6.07, 6.45) is 0.902. The number of ether oxygens (including phenoxy) is 1. The second kappa shape index (κ2) is 5.27. The second-order valence-corrected chi connectivity index (χ2v) is 7.85. The molecule has 120 valence electrons. The monoisotopic (exact) mass is 324 g/mol. The molecule has 3 heterocycles. The van der Waals surface area contributed by atoms with E-state index in [-0.39, 0.29) is 10.8 Å². The Balaban J connectivity index is 1.60. The summed E-state index contributed by atoms with van der Waals surface area (Å²) in [5.74, 6) is -0.489. The van der Waals surface area contributed by atoms with E-state index in [1.807, 2.05) is 20.8 Å². The highest BCUT2D eigenvalue weighted by Crippen LogP contribution is 2.37. The summed E-state index contributed by atoms with van der Waals surface area (Å²) in [6, 6.07) is 0. The molecule has 0 bridgehead atoms. The van der Waals surface area contributed by atoms with Gasteiger partial charge in [-0.2, -0.15) is 4.37 Å². The van der Waals surface area contributed by atoms with Crippen molar-refractivity contribution in [2.75, 3.05) is 31.6 Å². The SMILES string of the molecule is CC(C)(C)c1nsc(NC(=O)C(=O)N2CCC3(COC3)C2)n1. The molecule has 0 saturated carbocycles. The topological polar surface area (TPSA) is 84.4 Å². The minimum Gasteiger partial charge on any atom is -0.380 e. The van der Waals surface area contributed by atoms with Gasteiger partial charge in [0.25, 0.3) is 0 Å². The van der Waals surface area contributed by atoms with Crippen LogP contribution in [0.2, 0.25) is 0 Å². The molecular formula is C14H20N4O3S. The number of nitrogens with zero attached hydrogens (tertiary/aromatic N) is 3. The van der Waals surface area contributed by atoms with Crippen LogP contribution in [0.25, 0.3) is 0 Å². The lowest BCUT2D eigenvalue weighted by Gasteiger charge is -2.37. The maximum Gasteiger partial charge on any atom is 0.315 e. The van der Waals surface area contributed by atoms with Crippen molar-refractivity contribution in [3.63, 3.8) is 0 Å². The normalized spacial score (nSPS) is 20.0. The van der Waals surface area contributed by atoms with E-state index in [1.54, 1.807) is 4.90 Å². The van der Waals surface area contributed by atoms with E-state index in [0.717, 1.165) is 18.0 Å². The standard InChI is InChI=1S/C14H20N4O3S/c1-13(2,3)11-16-12(22-17-11)15-9(19)10(20)18-5-4-14(6-18)7-21-8-14/h4-8H2,1-3H3,(H,15,16,17,19). The highest BCUT2D eigenvalue weighted by Gasteiger charge is 2.46. The minimum atomic E-state index is -0.645.